The van der Waals surface area contributed by atoms with E-state index in [9.17, 15) is 9.90 Å². The molecule has 36 heavy (non-hydrogen) atoms. The van der Waals surface area contributed by atoms with Crippen molar-refractivity contribution in [2.24, 2.45) is 0 Å². The minimum Gasteiger partial charge on any atom is -0.444 e. The SMILES string of the molecule is CC(C)(C)OC(=O)N(CCCCO)CCCSC(c1ccccc1)(c1ccccc1)c1ccccc1. The Morgan fingerprint density at radius 3 is 1.61 bits per heavy atom. The van der Waals surface area contributed by atoms with E-state index >= 15 is 0 Å². The number of nitrogens with zero attached hydrogens (tertiary/aromatic N) is 1. The van der Waals surface area contributed by atoms with Gasteiger partial charge in [0.25, 0.3) is 0 Å². The van der Waals surface area contributed by atoms with Gasteiger partial charge in [-0.15, -0.1) is 11.8 Å². The fourth-order valence-electron chi connectivity index (χ4n) is 4.28. The number of rotatable bonds is 12. The molecule has 1 amide bonds. The van der Waals surface area contributed by atoms with Gasteiger partial charge in [0.1, 0.15) is 5.60 Å². The zero-order valence-electron chi connectivity index (χ0n) is 21.7. The Kier molecular flexibility index (Phi) is 10.4. The van der Waals surface area contributed by atoms with Crippen LogP contribution >= 0.6 is 11.8 Å². The van der Waals surface area contributed by atoms with Crippen LogP contribution in [0.2, 0.25) is 0 Å². The van der Waals surface area contributed by atoms with Crippen molar-refractivity contribution in [2.45, 2.75) is 50.4 Å². The van der Waals surface area contributed by atoms with Gasteiger partial charge in [0.05, 0.1) is 4.75 Å². The first-order valence-corrected chi connectivity index (χ1v) is 13.7. The highest BCUT2D eigenvalue weighted by Crippen LogP contribution is 2.48. The normalized spacial score (nSPS) is 11.8. The molecule has 0 aromatic heterocycles. The largest absolute Gasteiger partial charge is 0.444 e. The lowest BCUT2D eigenvalue weighted by molar-refractivity contribution is 0.0245. The second kappa shape index (κ2) is 13.5. The van der Waals surface area contributed by atoms with Gasteiger partial charge in [0.15, 0.2) is 0 Å². The molecule has 0 aliphatic rings. The van der Waals surface area contributed by atoms with E-state index in [1.54, 1.807) is 4.90 Å². The van der Waals surface area contributed by atoms with Crippen LogP contribution in [0.4, 0.5) is 4.79 Å². The van der Waals surface area contributed by atoms with Crippen LogP contribution in [0.25, 0.3) is 0 Å². The topological polar surface area (TPSA) is 49.8 Å². The van der Waals surface area contributed by atoms with Crippen molar-refractivity contribution in [3.63, 3.8) is 0 Å². The molecule has 0 saturated carbocycles. The van der Waals surface area contributed by atoms with Crippen LogP contribution in [0.15, 0.2) is 91.0 Å². The number of benzene rings is 3. The Morgan fingerprint density at radius 2 is 1.19 bits per heavy atom. The average Bonchev–Trinajstić information content (AvgIpc) is 2.88. The first-order valence-electron chi connectivity index (χ1n) is 12.8. The highest BCUT2D eigenvalue weighted by atomic mass is 32.2. The van der Waals surface area contributed by atoms with Gasteiger partial charge in [-0.25, -0.2) is 4.79 Å². The summed E-state index contributed by atoms with van der Waals surface area (Å²) in [5, 5.41) is 9.19. The molecule has 0 aliphatic carbocycles. The standard InChI is InChI=1S/C31H39NO3S/c1-30(2,3)35-29(34)32(22-13-14-24-33)23-15-25-36-31(26-16-7-4-8-17-26,27-18-9-5-10-19-27)28-20-11-6-12-21-28/h4-12,16-21,33H,13-15,22-25H2,1-3H3. The number of aliphatic hydroxyl groups excluding tert-OH is 1. The molecule has 0 radical (unpaired) electrons. The molecule has 0 spiro atoms. The number of hydrogen-bond donors (Lipinski definition) is 1. The molecule has 1 N–H and O–H groups in total. The number of thioether (sulfide) groups is 1. The van der Waals surface area contributed by atoms with Crippen LogP contribution < -0.4 is 0 Å². The first-order chi connectivity index (χ1) is 17.4. The number of hydrogen-bond acceptors (Lipinski definition) is 4. The molecule has 5 heteroatoms. The van der Waals surface area contributed by atoms with E-state index in [2.05, 4.69) is 91.0 Å². The molecular weight excluding hydrogens is 466 g/mol. The highest BCUT2D eigenvalue weighted by molar-refractivity contribution is 8.00. The third-order valence-corrected chi connectivity index (χ3v) is 7.55. The summed E-state index contributed by atoms with van der Waals surface area (Å²) in [4.78, 5) is 14.6. The van der Waals surface area contributed by atoms with Crippen LogP contribution in [-0.2, 0) is 9.48 Å². The fraction of sp³-hybridized carbons (Fsp3) is 0.387. The van der Waals surface area contributed by atoms with Crippen molar-refractivity contribution in [3.05, 3.63) is 108 Å². The van der Waals surface area contributed by atoms with Crippen molar-refractivity contribution in [2.75, 3.05) is 25.4 Å². The van der Waals surface area contributed by atoms with Gasteiger partial charge in [-0.05, 0) is 62.5 Å². The second-order valence-electron chi connectivity index (χ2n) is 9.88. The van der Waals surface area contributed by atoms with E-state index in [1.807, 2.05) is 32.5 Å². The van der Waals surface area contributed by atoms with Gasteiger partial charge in [-0.3, -0.25) is 0 Å². The van der Waals surface area contributed by atoms with E-state index in [0.717, 1.165) is 18.6 Å². The maximum Gasteiger partial charge on any atom is 0.410 e. The van der Waals surface area contributed by atoms with Crippen molar-refractivity contribution < 1.29 is 14.6 Å². The van der Waals surface area contributed by atoms with Crippen LogP contribution in [0, 0.1) is 0 Å². The fourth-order valence-corrected chi connectivity index (χ4v) is 5.77. The van der Waals surface area contributed by atoms with E-state index in [0.29, 0.717) is 19.5 Å². The van der Waals surface area contributed by atoms with Crippen LogP contribution in [-0.4, -0.2) is 47.1 Å². The lowest BCUT2D eigenvalue weighted by atomic mass is 9.84. The predicted molar refractivity (Wildman–Crippen MR) is 150 cm³/mol. The Morgan fingerprint density at radius 1 is 0.750 bits per heavy atom. The maximum atomic E-state index is 12.8. The molecule has 0 atom stereocenters. The van der Waals surface area contributed by atoms with Crippen LogP contribution in [0.1, 0.15) is 56.7 Å². The van der Waals surface area contributed by atoms with Gasteiger partial charge < -0.3 is 14.7 Å². The molecule has 0 unspecified atom stereocenters. The summed E-state index contributed by atoms with van der Waals surface area (Å²) in [6.45, 7) is 7.00. The molecule has 0 aliphatic heterocycles. The van der Waals surface area contributed by atoms with E-state index in [1.165, 1.54) is 16.7 Å². The number of amides is 1. The summed E-state index contributed by atoms with van der Waals surface area (Å²) in [6.07, 6.45) is 1.97. The maximum absolute atomic E-state index is 12.8. The lowest BCUT2D eigenvalue weighted by Crippen LogP contribution is -2.38. The van der Waals surface area contributed by atoms with Gasteiger partial charge in [-0.1, -0.05) is 91.0 Å². The third-order valence-electron chi connectivity index (χ3n) is 5.92. The molecule has 3 aromatic rings. The highest BCUT2D eigenvalue weighted by Gasteiger charge is 2.36. The molecule has 3 aromatic carbocycles. The van der Waals surface area contributed by atoms with Gasteiger partial charge in [0.2, 0.25) is 0 Å². The van der Waals surface area contributed by atoms with Gasteiger partial charge >= 0.3 is 6.09 Å². The first kappa shape index (κ1) is 27.8. The summed E-state index contributed by atoms with van der Waals surface area (Å²) in [5.41, 5.74) is 3.17. The molecule has 0 fully saturated rings. The van der Waals surface area contributed by atoms with E-state index in [-0.39, 0.29) is 17.4 Å². The molecule has 0 saturated heterocycles. The summed E-state index contributed by atoms with van der Waals surface area (Å²) >= 11 is 1.90. The van der Waals surface area contributed by atoms with Gasteiger partial charge in [0, 0.05) is 19.7 Å². The summed E-state index contributed by atoms with van der Waals surface area (Å²) in [5.74, 6) is 0.859. The van der Waals surface area contributed by atoms with Crippen LogP contribution in [0.5, 0.6) is 0 Å². The number of aliphatic hydroxyl groups is 1. The summed E-state index contributed by atoms with van der Waals surface area (Å²) in [7, 11) is 0. The Balaban J connectivity index is 1.84. The van der Waals surface area contributed by atoms with Crippen LogP contribution in [0.3, 0.4) is 0 Å². The van der Waals surface area contributed by atoms with Crippen molar-refractivity contribution in [1.82, 2.24) is 4.90 Å². The van der Waals surface area contributed by atoms with E-state index < -0.39 is 5.60 Å². The molecule has 3 rings (SSSR count). The number of carbonyl (C=O) groups is 1. The quantitative estimate of drug-likeness (QED) is 0.210. The molecular formula is C31H39NO3S. The minimum atomic E-state index is -0.538. The summed E-state index contributed by atoms with van der Waals surface area (Å²) < 4.78 is 5.29. The zero-order chi connectivity index (χ0) is 25.9. The van der Waals surface area contributed by atoms with Crippen molar-refractivity contribution >= 4 is 17.9 Å². The monoisotopic (exact) mass is 505 g/mol. The molecule has 0 heterocycles. The minimum absolute atomic E-state index is 0.131. The second-order valence-corrected chi connectivity index (χ2v) is 11.2. The van der Waals surface area contributed by atoms with Gasteiger partial charge in [-0.2, -0.15) is 0 Å². The third kappa shape index (κ3) is 7.62. The lowest BCUT2D eigenvalue weighted by Gasteiger charge is -2.36. The predicted octanol–water partition coefficient (Wildman–Crippen LogP) is 7.11. The summed E-state index contributed by atoms with van der Waals surface area (Å²) in [6, 6.07) is 32.0. The molecule has 192 valence electrons. The van der Waals surface area contributed by atoms with Crippen molar-refractivity contribution in [1.29, 1.82) is 0 Å². The number of unbranched alkanes of at least 4 members (excludes halogenated alkanes) is 1. The Hall–Kier alpha value is -2.76. The Bertz CT molecular complexity index is 939. The number of carbonyl (C=O) groups excluding carboxylic acids is 1. The number of ether oxygens (including phenoxy) is 1. The molecule has 0 bridgehead atoms. The van der Waals surface area contributed by atoms with Crippen molar-refractivity contribution in [3.8, 4) is 0 Å². The smallest absolute Gasteiger partial charge is 0.410 e. The Labute approximate surface area is 220 Å². The average molecular weight is 506 g/mol. The zero-order valence-corrected chi connectivity index (χ0v) is 22.5. The van der Waals surface area contributed by atoms with E-state index in [4.69, 9.17) is 4.74 Å². The molecule has 4 nitrogen and oxygen atoms in total.